The van der Waals surface area contributed by atoms with E-state index in [1.54, 1.807) is 41.1 Å². The van der Waals surface area contributed by atoms with E-state index < -0.39 is 17.6 Å². The number of nitrogens with one attached hydrogen (secondary N) is 2. The predicted octanol–water partition coefficient (Wildman–Crippen LogP) is 8.91. The standard InChI is InChI=1S/C36H32F3N3O2/c1-23(2)42-22-30(41-34(43)32-7-5-4-6-31(32)28-16-18-29(19-17-28)36(37,38)39)20-33(42)35(44)40-21-25-10-14-27(15-11-25)26-12-8-24(3)9-13-26/h4-20,22-23H,21H2,1-3H3,(H,40,44)(H,41,43). The first-order chi connectivity index (χ1) is 21.0. The quantitative estimate of drug-likeness (QED) is 0.188. The van der Waals surface area contributed by atoms with Crippen LogP contribution in [0.5, 0.6) is 0 Å². The van der Waals surface area contributed by atoms with E-state index in [1.165, 1.54) is 17.7 Å². The molecule has 0 atom stereocenters. The summed E-state index contributed by atoms with van der Waals surface area (Å²) in [6, 6.07) is 29.3. The Morgan fingerprint density at radius 3 is 1.98 bits per heavy atom. The van der Waals surface area contributed by atoms with Crippen LogP contribution in [0.15, 0.2) is 109 Å². The Morgan fingerprint density at radius 2 is 1.36 bits per heavy atom. The number of carbonyl (C=O) groups is 2. The summed E-state index contributed by atoms with van der Waals surface area (Å²) in [5.41, 5.74) is 5.69. The largest absolute Gasteiger partial charge is 0.416 e. The lowest BCUT2D eigenvalue weighted by Crippen LogP contribution is -2.25. The Bertz CT molecular complexity index is 1770. The molecule has 0 aliphatic heterocycles. The van der Waals surface area contributed by atoms with Gasteiger partial charge in [0.25, 0.3) is 11.8 Å². The van der Waals surface area contributed by atoms with Crippen molar-refractivity contribution in [1.82, 2.24) is 9.88 Å². The first-order valence-corrected chi connectivity index (χ1v) is 14.2. The first-order valence-electron chi connectivity index (χ1n) is 14.2. The molecule has 0 bridgehead atoms. The van der Waals surface area contributed by atoms with Crippen LogP contribution in [0.1, 0.15) is 57.4 Å². The van der Waals surface area contributed by atoms with Crippen LogP contribution < -0.4 is 10.6 Å². The summed E-state index contributed by atoms with van der Waals surface area (Å²) < 4.78 is 40.9. The highest BCUT2D eigenvalue weighted by atomic mass is 19.4. The molecular weight excluding hydrogens is 563 g/mol. The maximum absolute atomic E-state index is 13.4. The zero-order chi connectivity index (χ0) is 31.4. The number of aromatic nitrogens is 1. The lowest BCUT2D eigenvalue weighted by atomic mass is 9.98. The van der Waals surface area contributed by atoms with Crippen molar-refractivity contribution in [2.24, 2.45) is 0 Å². The molecule has 1 aromatic heterocycles. The number of amides is 2. The fourth-order valence-corrected chi connectivity index (χ4v) is 4.96. The van der Waals surface area contributed by atoms with Crippen LogP contribution in [-0.2, 0) is 12.7 Å². The van der Waals surface area contributed by atoms with Crippen LogP contribution in [-0.4, -0.2) is 16.4 Å². The lowest BCUT2D eigenvalue weighted by molar-refractivity contribution is -0.137. The highest BCUT2D eigenvalue weighted by molar-refractivity contribution is 6.09. The molecule has 2 N–H and O–H groups in total. The molecule has 5 rings (SSSR count). The number of alkyl halides is 3. The van der Waals surface area contributed by atoms with Gasteiger partial charge in [-0.1, -0.05) is 84.4 Å². The van der Waals surface area contributed by atoms with Crippen molar-refractivity contribution in [2.45, 2.75) is 39.5 Å². The van der Waals surface area contributed by atoms with Gasteiger partial charge in [0, 0.05) is 24.3 Å². The molecule has 0 aliphatic carbocycles. The number of benzene rings is 4. The Hall–Kier alpha value is -5.11. The zero-order valence-corrected chi connectivity index (χ0v) is 24.6. The minimum atomic E-state index is -4.45. The van der Waals surface area contributed by atoms with Gasteiger partial charge in [-0.05, 0) is 72.9 Å². The minimum Gasteiger partial charge on any atom is -0.347 e. The third kappa shape index (κ3) is 6.92. The van der Waals surface area contributed by atoms with Gasteiger partial charge in [-0.2, -0.15) is 13.2 Å². The smallest absolute Gasteiger partial charge is 0.347 e. The van der Waals surface area contributed by atoms with Crippen molar-refractivity contribution in [2.75, 3.05) is 5.32 Å². The molecule has 44 heavy (non-hydrogen) atoms. The van der Waals surface area contributed by atoms with Crippen LogP contribution >= 0.6 is 0 Å². The molecule has 0 saturated heterocycles. The van der Waals surface area contributed by atoms with Gasteiger partial charge in [-0.3, -0.25) is 9.59 Å². The predicted molar refractivity (Wildman–Crippen MR) is 167 cm³/mol. The Morgan fingerprint density at radius 1 is 0.773 bits per heavy atom. The van der Waals surface area contributed by atoms with Gasteiger partial charge in [-0.15, -0.1) is 0 Å². The molecule has 8 heteroatoms. The van der Waals surface area contributed by atoms with Gasteiger partial charge < -0.3 is 15.2 Å². The average Bonchev–Trinajstić information content (AvgIpc) is 3.44. The number of anilines is 1. The van der Waals surface area contributed by atoms with Crippen LogP contribution in [0, 0.1) is 6.92 Å². The molecule has 0 unspecified atom stereocenters. The summed E-state index contributed by atoms with van der Waals surface area (Å²) in [6.45, 7) is 6.25. The molecule has 224 valence electrons. The highest BCUT2D eigenvalue weighted by Crippen LogP contribution is 2.32. The lowest BCUT2D eigenvalue weighted by Gasteiger charge is -2.13. The average molecular weight is 596 g/mol. The molecule has 0 fully saturated rings. The van der Waals surface area contributed by atoms with Crippen molar-refractivity contribution in [3.8, 4) is 22.3 Å². The van der Waals surface area contributed by atoms with Crippen LogP contribution in [0.25, 0.3) is 22.3 Å². The van der Waals surface area contributed by atoms with Crippen LogP contribution in [0.4, 0.5) is 18.9 Å². The summed E-state index contributed by atoms with van der Waals surface area (Å²) in [7, 11) is 0. The molecule has 0 aliphatic rings. The molecular formula is C36H32F3N3O2. The Balaban J connectivity index is 1.29. The normalized spacial score (nSPS) is 11.4. The maximum atomic E-state index is 13.4. The van der Waals surface area contributed by atoms with E-state index in [4.69, 9.17) is 0 Å². The van der Waals surface area contributed by atoms with Gasteiger partial charge in [0.15, 0.2) is 0 Å². The number of aryl methyl sites for hydroxylation is 1. The van der Waals surface area contributed by atoms with E-state index in [0.29, 0.717) is 34.6 Å². The Kier molecular flexibility index (Phi) is 8.71. The van der Waals surface area contributed by atoms with Gasteiger partial charge in [0.05, 0.1) is 11.3 Å². The van der Waals surface area contributed by atoms with Crippen molar-refractivity contribution < 1.29 is 22.8 Å². The fraction of sp³-hybridized carbons (Fsp3) is 0.167. The monoisotopic (exact) mass is 595 g/mol. The second-order valence-electron chi connectivity index (χ2n) is 10.9. The van der Waals surface area contributed by atoms with E-state index in [2.05, 4.69) is 34.9 Å². The molecule has 5 nitrogen and oxygen atoms in total. The number of carbonyl (C=O) groups excluding carboxylic acids is 2. The molecule has 5 aromatic rings. The van der Waals surface area contributed by atoms with E-state index in [9.17, 15) is 22.8 Å². The molecule has 2 amide bonds. The minimum absolute atomic E-state index is 0.0605. The summed E-state index contributed by atoms with van der Waals surface area (Å²) in [6.07, 6.45) is -2.75. The van der Waals surface area contributed by atoms with Gasteiger partial charge in [-0.25, -0.2) is 0 Å². The van der Waals surface area contributed by atoms with Crippen molar-refractivity contribution in [3.63, 3.8) is 0 Å². The Labute approximate surface area is 254 Å². The van der Waals surface area contributed by atoms with Crippen LogP contribution in [0.2, 0.25) is 0 Å². The molecule has 0 spiro atoms. The number of hydrogen-bond acceptors (Lipinski definition) is 2. The SMILES string of the molecule is Cc1ccc(-c2ccc(CNC(=O)c3cc(NC(=O)c4ccccc4-c4ccc(C(F)(F)F)cc4)cn3C(C)C)cc2)cc1. The third-order valence-electron chi connectivity index (χ3n) is 7.38. The van der Waals surface area contributed by atoms with Crippen LogP contribution in [0.3, 0.4) is 0 Å². The van der Waals surface area contributed by atoms with Gasteiger partial charge in [0.2, 0.25) is 0 Å². The maximum Gasteiger partial charge on any atom is 0.416 e. The summed E-state index contributed by atoms with van der Waals surface area (Å²) in [4.78, 5) is 26.6. The number of rotatable bonds is 8. The number of hydrogen-bond donors (Lipinski definition) is 2. The summed E-state index contributed by atoms with van der Waals surface area (Å²) in [5.74, 6) is -0.728. The van der Waals surface area contributed by atoms with E-state index in [0.717, 1.165) is 28.8 Å². The zero-order valence-electron chi connectivity index (χ0n) is 24.6. The number of nitrogens with zero attached hydrogens (tertiary/aromatic N) is 1. The van der Waals surface area contributed by atoms with Crippen molar-refractivity contribution in [3.05, 3.63) is 137 Å². The summed E-state index contributed by atoms with van der Waals surface area (Å²) in [5, 5.41) is 5.82. The second kappa shape index (κ2) is 12.6. The molecule has 0 radical (unpaired) electrons. The fourth-order valence-electron chi connectivity index (χ4n) is 4.96. The van der Waals surface area contributed by atoms with Crippen molar-refractivity contribution in [1.29, 1.82) is 0 Å². The number of halogens is 3. The molecule has 0 saturated carbocycles. The van der Waals surface area contributed by atoms with Gasteiger partial charge >= 0.3 is 6.18 Å². The van der Waals surface area contributed by atoms with E-state index >= 15 is 0 Å². The highest BCUT2D eigenvalue weighted by Gasteiger charge is 2.30. The van der Waals surface area contributed by atoms with E-state index in [1.807, 2.05) is 45.0 Å². The third-order valence-corrected chi connectivity index (χ3v) is 7.38. The first kappa shape index (κ1) is 30.4. The van der Waals surface area contributed by atoms with Gasteiger partial charge in [0.1, 0.15) is 5.69 Å². The molecule has 4 aromatic carbocycles. The second-order valence-corrected chi connectivity index (χ2v) is 10.9. The summed E-state index contributed by atoms with van der Waals surface area (Å²) >= 11 is 0. The van der Waals surface area contributed by atoms with Crippen molar-refractivity contribution >= 4 is 17.5 Å². The van der Waals surface area contributed by atoms with E-state index in [-0.39, 0.29) is 11.9 Å². The molecule has 1 heterocycles. The topological polar surface area (TPSA) is 63.1 Å².